The number of anilines is 1. The summed E-state index contributed by atoms with van der Waals surface area (Å²) in [6.07, 6.45) is 3.92. The summed E-state index contributed by atoms with van der Waals surface area (Å²) in [4.78, 5) is 6.85. The lowest BCUT2D eigenvalue weighted by Gasteiger charge is -2.29. The van der Waals surface area contributed by atoms with Gasteiger partial charge in [-0.2, -0.15) is 0 Å². The number of nitrogens with one attached hydrogen (secondary N) is 1. The van der Waals surface area contributed by atoms with Crippen molar-refractivity contribution in [1.29, 1.82) is 0 Å². The Morgan fingerprint density at radius 2 is 1.46 bits per heavy atom. The molecule has 2 aromatic heterocycles. The molecule has 0 aliphatic carbocycles. The zero-order valence-corrected chi connectivity index (χ0v) is 21.2. The Kier molecular flexibility index (Phi) is 6.16. The van der Waals surface area contributed by atoms with Crippen molar-refractivity contribution in [2.24, 2.45) is 0 Å². The minimum absolute atomic E-state index is 0.110. The highest BCUT2D eigenvalue weighted by Crippen LogP contribution is 2.42. The molecule has 1 fully saturated rings. The highest BCUT2D eigenvalue weighted by molar-refractivity contribution is 7.80. The van der Waals surface area contributed by atoms with E-state index in [-0.39, 0.29) is 12.1 Å². The van der Waals surface area contributed by atoms with Crippen LogP contribution in [0.25, 0.3) is 5.69 Å². The van der Waals surface area contributed by atoms with Crippen molar-refractivity contribution in [1.82, 2.24) is 14.9 Å². The Morgan fingerprint density at radius 3 is 2.16 bits per heavy atom. The number of nitrogens with zero attached hydrogens (tertiary/aromatic N) is 3. The molecule has 6 rings (SSSR count). The number of hydrogen-bond acceptors (Lipinski definition) is 3. The van der Waals surface area contributed by atoms with Gasteiger partial charge in [0.2, 0.25) is 0 Å². The van der Waals surface area contributed by atoms with Crippen LogP contribution in [0.1, 0.15) is 29.0 Å². The van der Waals surface area contributed by atoms with Crippen LogP contribution in [0, 0.1) is 6.92 Å². The van der Waals surface area contributed by atoms with Crippen LogP contribution >= 0.6 is 12.2 Å². The molecule has 6 heteroatoms. The second kappa shape index (κ2) is 9.91. The quantitative estimate of drug-likeness (QED) is 0.250. The van der Waals surface area contributed by atoms with Crippen molar-refractivity contribution in [3.05, 3.63) is 139 Å². The fraction of sp³-hybridized carbons (Fsp3) is 0.0968. The molecular formula is C31H26N4OS. The molecule has 0 saturated carbocycles. The van der Waals surface area contributed by atoms with E-state index < -0.39 is 0 Å². The van der Waals surface area contributed by atoms with E-state index in [0.717, 1.165) is 34.3 Å². The van der Waals surface area contributed by atoms with Crippen LogP contribution < -0.4 is 15.0 Å². The van der Waals surface area contributed by atoms with Gasteiger partial charge in [0.1, 0.15) is 17.5 Å². The normalized spacial score (nSPS) is 17.0. The Labute approximate surface area is 222 Å². The summed E-state index contributed by atoms with van der Waals surface area (Å²) in [5.41, 5.74) is 5.35. The number of benzene rings is 3. The van der Waals surface area contributed by atoms with E-state index in [1.807, 2.05) is 66.9 Å². The second-order valence-corrected chi connectivity index (χ2v) is 9.43. The number of aromatic nitrogens is 2. The van der Waals surface area contributed by atoms with Crippen LogP contribution in [-0.4, -0.2) is 14.7 Å². The molecular weight excluding hydrogens is 476 g/mol. The molecule has 2 unspecified atom stereocenters. The molecule has 2 atom stereocenters. The zero-order valence-electron chi connectivity index (χ0n) is 20.4. The van der Waals surface area contributed by atoms with E-state index in [2.05, 4.69) is 81.4 Å². The minimum atomic E-state index is -0.116. The molecule has 0 spiro atoms. The first kappa shape index (κ1) is 23.0. The molecule has 1 N–H and O–H groups in total. The average Bonchev–Trinajstić information content (AvgIpc) is 3.56. The highest BCUT2D eigenvalue weighted by atomic mass is 32.1. The number of hydrogen-bond donors (Lipinski definition) is 1. The second-order valence-electron chi connectivity index (χ2n) is 9.04. The molecule has 37 heavy (non-hydrogen) atoms. The van der Waals surface area contributed by atoms with Gasteiger partial charge < -0.3 is 19.5 Å². The summed E-state index contributed by atoms with van der Waals surface area (Å²) in [5.74, 6) is 1.58. The van der Waals surface area contributed by atoms with Gasteiger partial charge in [-0.15, -0.1) is 0 Å². The summed E-state index contributed by atoms with van der Waals surface area (Å²) < 4.78 is 8.28. The van der Waals surface area contributed by atoms with Gasteiger partial charge in [0.05, 0.1) is 11.7 Å². The number of ether oxygens (including phenoxy) is 1. The fourth-order valence-corrected chi connectivity index (χ4v) is 5.16. The number of aryl methyl sites for hydroxylation is 1. The van der Waals surface area contributed by atoms with Gasteiger partial charge in [0.25, 0.3) is 0 Å². The first-order valence-electron chi connectivity index (χ1n) is 12.3. The molecule has 5 aromatic rings. The molecule has 1 saturated heterocycles. The number of rotatable bonds is 6. The van der Waals surface area contributed by atoms with E-state index in [4.69, 9.17) is 17.0 Å². The van der Waals surface area contributed by atoms with E-state index >= 15 is 0 Å². The van der Waals surface area contributed by atoms with Crippen molar-refractivity contribution in [2.45, 2.75) is 19.0 Å². The van der Waals surface area contributed by atoms with Crippen LogP contribution in [0.3, 0.4) is 0 Å². The first-order chi connectivity index (χ1) is 18.2. The van der Waals surface area contributed by atoms with E-state index in [9.17, 15) is 0 Å². The van der Waals surface area contributed by atoms with E-state index in [1.165, 1.54) is 5.56 Å². The smallest absolute Gasteiger partial charge is 0.174 e. The molecule has 182 valence electrons. The molecule has 3 aromatic carbocycles. The lowest BCUT2D eigenvalue weighted by Crippen LogP contribution is -2.30. The summed E-state index contributed by atoms with van der Waals surface area (Å²) in [7, 11) is 0. The van der Waals surface area contributed by atoms with E-state index in [1.54, 1.807) is 0 Å². The first-order valence-corrected chi connectivity index (χ1v) is 12.7. The molecule has 1 aliphatic rings. The fourth-order valence-electron chi connectivity index (χ4n) is 4.81. The van der Waals surface area contributed by atoms with Gasteiger partial charge in [-0.25, -0.2) is 0 Å². The topological polar surface area (TPSA) is 42.3 Å². The van der Waals surface area contributed by atoms with Crippen molar-refractivity contribution < 1.29 is 4.74 Å². The number of para-hydroxylation sites is 1. The van der Waals surface area contributed by atoms with Crippen molar-refractivity contribution >= 4 is 23.0 Å². The van der Waals surface area contributed by atoms with Gasteiger partial charge in [0, 0.05) is 29.5 Å². The van der Waals surface area contributed by atoms with Gasteiger partial charge in [-0.1, -0.05) is 42.0 Å². The molecule has 0 radical (unpaired) electrons. The van der Waals surface area contributed by atoms with Crippen LogP contribution in [-0.2, 0) is 0 Å². The minimum Gasteiger partial charge on any atom is -0.457 e. The SMILES string of the molecule is Cc1ccc(Oc2ccc(N3C(=S)NC(c4ccccn4)C3c3cccn3-c3ccccc3)cc2)cc1. The standard InChI is InChI=1S/C31H26N4OS/c1-22-12-16-25(17-13-22)36-26-18-14-24(15-19-26)35-30(29(33-31(35)37)27-10-5-6-20-32-27)28-11-7-21-34(28)23-8-3-2-4-9-23/h2-21,29-30H,1H3,(H,33,37). The number of thiocarbonyl (C=S) groups is 1. The van der Waals surface area contributed by atoms with Crippen molar-refractivity contribution in [2.75, 3.05) is 4.90 Å². The molecule has 0 bridgehead atoms. The largest absolute Gasteiger partial charge is 0.457 e. The highest BCUT2D eigenvalue weighted by Gasteiger charge is 2.42. The predicted molar refractivity (Wildman–Crippen MR) is 151 cm³/mol. The molecule has 3 heterocycles. The monoisotopic (exact) mass is 502 g/mol. The third-order valence-electron chi connectivity index (χ3n) is 6.59. The maximum atomic E-state index is 6.06. The predicted octanol–water partition coefficient (Wildman–Crippen LogP) is 7.15. The maximum absolute atomic E-state index is 6.06. The third kappa shape index (κ3) is 4.59. The maximum Gasteiger partial charge on any atom is 0.174 e. The van der Waals surface area contributed by atoms with Gasteiger partial charge in [0.15, 0.2) is 5.11 Å². The Hall–Kier alpha value is -4.42. The summed E-state index contributed by atoms with van der Waals surface area (Å²) in [6.45, 7) is 2.06. The Morgan fingerprint density at radius 1 is 0.757 bits per heavy atom. The molecule has 5 nitrogen and oxygen atoms in total. The molecule has 1 aliphatic heterocycles. The van der Waals surface area contributed by atoms with Crippen molar-refractivity contribution in [3.8, 4) is 17.2 Å². The van der Waals surface area contributed by atoms with Crippen molar-refractivity contribution in [3.63, 3.8) is 0 Å². The summed E-state index contributed by atoms with van der Waals surface area (Å²) in [6, 6.07) is 36.5. The molecule has 0 amide bonds. The van der Waals surface area contributed by atoms with Crippen LogP contribution in [0.5, 0.6) is 11.5 Å². The zero-order chi connectivity index (χ0) is 25.2. The number of pyridine rings is 1. The van der Waals surface area contributed by atoms with Crippen LogP contribution in [0.4, 0.5) is 5.69 Å². The van der Waals surface area contributed by atoms with Crippen LogP contribution in [0.2, 0.25) is 0 Å². The third-order valence-corrected chi connectivity index (χ3v) is 6.90. The van der Waals surface area contributed by atoms with Gasteiger partial charge >= 0.3 is 0 Å². The Balaban J connectivity index is 1.38. The summed E-state index contributed by atoms with van der Waals surface area (Å²) in [5, 5.41) is 4.21. The lowest BCUT2D eigenvalue weighted by atomic mass is 10.0. The lowest BCUT2D eigenvalue weighted by molar-refractivity contribution is 0.482. The average molecular weight is 503 g/mol. The van der Waals surface area contributed by atoms with Gasteiger partial charge in [-0.05, 0) is 91.9 Å². The summed E-state index contributed by atoms with van der Waals surface area (Å²) >= 11 is 5.91. The Bertz CT molecular complexity index is 1500. The van der Waals surface area contributed by atoms with Crippen LogP contribution in [0.15, 0.2) is 122 Å². The van der Waals surface area contributed by atoms with Gasteiger partial charge in [-0.3, -0.25) is 4.98 Å². The van der Waals surface area contributed by atoms with E-state index in [0.29, 0.717) is 5.11 Å².